The number of unbranched alkanes of at least 4 members (excludes halogenated alkanes) is 2. The fourth-order valence-corrected chi connectivity index (χ4v) is 7.01. The molecule has 4 aliphatic rings. The Kier molecular flexibility index (Phi) is 10.4. The van der Waals surface area contributed by atoms with Crippen molar-refractivity contribution in [1.29, 1.82) is 0 Å². The number of hydrogen-bond acceptors (Lipinski definition) is 3. The van der Waals surface area contributed by atoms with Crippen LogP contribution < -0.4 is 9.05 Å². The Bertz CT molecular complexity index is 998. The Morgan fingerprint density at radius 1 is 0.684 bits per heavy atom. The van der Waals surface area contributed by atoms with Crippen molar-refractivity contribution < 1.29 is 9.05 Å². The molecule has 4 heterocycles. The minimum atomic E-state index is -1.33. The van der Waals surface area contributed by atoms with Crippen LogP contribution in [0.15, 0.2) is 24.3 Å². The Morgan fingerprint density at radius 2 is 1.11 bits per heavy atom. The highest BCUT2D eigenvalue weighted by atomic mass is 31.2. The normalized spacial score (nSPS) is 17.8. The Hall–Kier alpha value is -1.57. The molecular weight excluding hydrogens is 485 g/mol. The van der Waals surface area contributed by atoms with Gasteiger partial charge in [-0.1, -0.05) is 93.7 Å². The third-order valence-electron chi connectivity index (χ3n) is 7.80. The van der Waals surface area contributed by atoms with Gasteiger partial charge in [0.15, 0.2) is 0 Å². The first-order valence-electron chi connectivity index (χ1n) is 15.0. The molecule has 0 atom stereocenters. The van der Waals surface area contributed by atoms with Gasteiger partial charge < -0.3 is 9.05 Å². The van der Waals surface area contributed by atoms with Crippen LogP contribution in [-0.4, -0.2) is 17.8 Å². The number of aryl methyl sites for hydroxylation is 2. The molecule has 0 spiro atoms. The van der Waals surface area contributed by atoms with Gasteiger partial charge in [-0.05, 0) is 78.3 Å². The van der Waals surface area contributed by atoms with Crippen molar-refractivity contribution in [3.63, 3.8) is 0 Å². The van der Waals surface area contributed by atoms with E-state index in [1.54, 1.807) is 0 Å². The zero-order valence-electron chi connectivity index (χ0n) is 26.3. The van der Waals surface area contributed by atoms with E-state index in [-0.39, 0.29) is 10.8 Å². The van der Waals surface area contributed by atoms with Crippen LogP contribution in [0.25, 0.3) is 0 Å². The Morgan fingerprint density at radius 3 is 1.45 bits per heavy atom. The average Bonchev–Trinajstić information content (AvgIpc) is 2.81. The largest absolute Gasteiger partial charge is 0.427 e. The van der Waals surface area contributed by atoms with Crippen LogP contribution in [-0.2, 0) is 10.8 Å². The summed E-state index contributed by atoms with van der Waals surface area (Å²) in [6.07, 6.45) is 6.87. The molecule has 6 rings (SSSR count). The third-order valence-corrected chi connectivity index (χ3v) is 9.37. The quantitative estimate of drug-likeness (QED) is 0.296. The molecule has 0 fully saturated rings. The zero-order valence-corrected chi connectivity index (χ0v) is 27.1. The molecule has 0 saturated heterocycles. The van der Waals surface area contributed by atoms with Gasteiger partial charge in [-0.15, -0.1) is 0 Å². The molecule has 3 nitrogen and oxygen atoms in total. The number of benzene rings is 2. The first-order valence-corrected chi connectivity index (χ1v) is 16.2. The maximum Gasteiger partial charge on any atom is 0.384 e. The number of rotatable bonds is 9. The molecule has 0 aromatic heterocycles. The second-order valence-corrected chi connectivity index (χ2v) is 14.7. The highest BCUT2D eigenvalue weighted by Crippen LogP contribution is 2.52. The molecule has 4 aliphatic heterocycles. The summed E-state index contributed by atoms with van der Waals surface area (Å²) in [5.74, 6) is 2.33. The summed E-state index contributed by atoms with van der Waals surface area (Å²) in [7, 11) is -1.33. The van der Waals surface area contributed by atoms with Crippen molar-refractivity contribution in [2.45, 2.75) is 131 Å². The topological polar surface area (TPSA) is 21.7 Å². The Balaban J connectivity index is 2.35. The van der Waals surface area contributed by atoms with Crippen LogP contribution in [0.2, 0.25) is 0 Å². The van der Waals surface area contributed by atoms with Gasteiger partial charge in [-0.25, -0.2) is 4.67 Å². The van der Waals surface area contributed by atoms with Crippen molar-refractivity contribution in [2.75, 3.05) is 13.1 Å². The van der Waals surface area contributed by atoms with Gasteiger partial charge >= 0.3 is 8.53 Å². The van der Waals surface area contributed by atoms with E-state index in [1.807, 2.05) is 0 Å². The van der Waals surface area contributed by atoms with Crippen LogP contribution >= 0.6 is 8.53 Å². The van der Waals surface area contributed by atoms with E-state index in [9.17, 15) is 0 Å². The summed E-state index contributed by atoms with van der Waals surface area (Å²) in [5.41, 5.74) is 8.01. The number of nitrogens with zero attached hydrogens (tertiary/aromatic N) is 1. The molecule has 0 amide bonds. The summed E-state index contributed by atoms with van der Waals surface area (Å²) in [6.45, 7) is 27.2. The fourth-order valence-electron chi connectivity index (χ4n) is 5.50. The van der Waals surface area contributed by atoms with Crippen LogP contribution in [0.3, 0.4) is 0 Å². The molecule has 0 unspecified atom stereocenters. The maximum absolute atomic E-state index is 7.06. The van der Waals surface area contributed by atoms with Crippen LogP contribution in [0, 0.1) is 13.8 Å². The van der Waals surface area contributed by atoms with Gasteiger partial charge in [0.05, 0.1) is 0 Å². The lowest BCUT2D eigenvalue weighted by Gasteiger charge is -2.35. The van der Waals surface area contributed by atoms with E-state index in [1.165, 1.54) is 33.4 Å². The highest BCUT2D eigenvalue weighted by Gasteiger charge is 2.33. The molecule has 0 radical (unpaired) electrons. The van der Waals surface area contributed by atoms with E-state index in [2.05, 4.69) is 105 Å². The van der Waals surface area contributed by atoms with Gasteiger partial charge in [0.1, 0.15) is 11.5 Å². The molecule has 2 aromatic rings. The molecule has 2 aromatic carbocycles. The standard InChI is InChI=1S/C34H54NO2P/c1-12-15-18-35(19-16-13-2)38-36-31-20-24(4)27(22-29(31)33(6,7)8)26(17-14-3)28-23-30(34(9,10)11)32(37-38)21-25(28)5/h20-23,26H,12-19H2,1-11H3. The summed E-state index contributed by atoms with van der Waals surface area (Å²) in [4.78, 5) is 0. The van der Waals surface area contributed by atoms with Gasteiger partial charge in [-0.2, -0.15) is 0 Å². The van der Waals surface area contributed by atoms with E-state index >= 15 is 0 Å². The molecule has 0 saturated carbocycles. The van der Waals surface area contributed by atoms with Crippen molar-refractivity contribution in [3.05, 3.63) is 57.6 Å². The van der Waals surface area contributed by atoms with Crippen molar-refractivity contribution in [3.8, 4) is 11.5 Å². The predicted octanol–water partition coefficient (Wildman–Crippen LogP) is 10.7. The molecule has 212 valence electrons. The molecule has 0 aliphatic carbocycles. The van der Waals surface area contributed by atoms with Gasteiger partial charge in [0, 0.05) is 30.1 Å². The first kappa shape index (κ1) is 31.0. The zero-order chi connectivity index (χ0) is 28.3. The van der Waals surface area contributed by atoms with E-state index in [0.29, 0.717) is 5.92 Å². The van der Waals surface area contributed by atoms with E-state index in [4.69, 9.17) is 9.05 Å². The smallest absolute Gasteiger partial charge is 0.384 e. The van der Waals surface area contributed by atoms with E-state index in [0.717, 1.165) is 63.1 Å². The molecule has 4 bridgehead atoms. The third kappa shape index (κ3) is 7.14. The maximum atomic E-state index is 7.06. The molecule has 4 heteroatoms. The monoisotopic (exact) mass is 539 g/mol. The lowest BCUT2D eigenvalue weighted by molar-refractivity contribution is 0.336. The van der Waals surface area contributed by atoms with Gasteiger partial charge in [0.25, 0.3) is 0 Å². The molecule has 38 heavy (non-hydrogen) atoms. The SMILES string of the molecule is CCCCN(CCCC)P1Oc2cc(C)c(cc2C(C)(C)C)C(CCC)c2cc(C(C)(C)C)c(cc2C)O1. The summed E-state index contributed by atoms with van der Waals surface area (Å²) >= 11 is 0. The fraction of sp³-hybridized carbons (Fsp3) is 0.647. The second-order valence-electron chi connectivity index (χ2n) is 13.3. The summed E-state index contributed by atoms with van der Waals surface area (Å²) in [5, 5.41) is 0. The average molecular weight is 540 g/mol. The van der Waals surface area contributed by atoms with Crippen molar-refractivity contribution in [2.24, 2.45) is 0 Å². The summed E-state index contributed by atoms with van der Waals surface area (Å²) < 4.78 is 16.6. The lowest BCUT2D eigenvalue weighted by Crippen LogP contribution is -2.27. The van der Waals surface area contributed by atoms with Crippen LogP contribution in [0.4, 0.5) is 0 Å². The highest BCUT2D eigenvalue weighted by molar-refractivity contribution is 7.45. The van der Waals surface area contributed by atoms with Crippen molar-refractivity contribution >= 4 is 8.53 Å². The minimum Gasteiger partial charge on any atom is -0.427 e. The Labute approximate surface area is 235 Å². The molecular formula is C34H54NO2P. The predicted molar refractivity (Wildman–Crippen MR) is 166 cm³/mol. The second kappa shape index (κ2) is 12.7. The minimum absolute atomic E-state index is 0.0363. The van der Waals surface area contributed by atoms with Gasteiger partial charge in [-0.3, -0.25) is 0 Å². The van der Waals surface area contributed by atoms with E-state index < -0.39 is 8.53 Å². The summed E-state index contributed by atoms with van der Waals surface area (Å²) in [6, 6.07) is 9.55. The number of hydrogen-bond donors (Lipinski definition) is 0. The first-order chi connectivity index (χ1) is 17.8. The van der Waals surface area contributed by atoms with Crippen LogP contribution in [0.5, 0.6) is 11.5 Å². The molecule has 0 N–H and O–H groups in total. The lowest BCUT2D eigenvalue weighted by atomic mass is 9.76. The van der Waals surface area contributed by atoms with Crippen LogP contribution in [0.1, 0.15) is 140 Å². The van der Waals surface area contributed by atoms with Gasteiger partial charge in [0.2, 0.25) is 0 Å². The van der Waals surface area contributed by atoms with Crippen molar-refractivity contribution in [1.82, 2.24) is 4.67 Å².